The molecule has 1 amide bonds. The molecule has 2 saturated carbocycles. The first-order chi connectivity index (χ1) is 16.9. The first kappa shape index (κ1) is 25.9. The smallest absolute Gasteiger partial charge is 0.417 e. The lowest BCUT2D eigenvalue weighted by Gasteiger charge is -2.19. The quantitative estimate of drug-likeness (QED) is 0.590. The molecule has 0 aliphatic heterocycles. The monoisotopic (exact) mass is 523 g/mol. The van der Waals surface area contributed by atoms with Crippen LogP contribution < -0.4 is 10.1 Å². The van der Waals surface area contributed by atoms with E-state index in [9.17, 15) is 31.6 Å². The molecule has 0 radical (unpaired) electrons. The zero-order chi connectivity index (χ0) is 26.3. The largest absolute Gasteiger partial charge is 0.481 e. The van der Waals surface area contributed by atoms with Crippen LogP contribution in [0.4, 0.5) is 13.2 Å². The normalized spacial score (nSPS) is 23.1. The standard InChI is InChI=1S/C24H24F3N3O5S/c1-34-19-11-16(10-17(19)22(31)30-23(13-28)7-8-23)36(32,33)20-5-3-14(9-18(20)24(25,26)27)15-4-6-21(35-2)29-12-15/h3-6,9,12,16-17,19H,7-8,10-11H2,1-2H3,(H,30,31)/t16-,17-,19?/m1/s1. The van der Waals surface area contributed by atoms with Gasteiger partial charge in [-0.25, -0.2) is 13.4 Å². The molecule has 12 heteroatoms. The second kappa shape index (κ2) is 9.37. The number of nitriles is 1. The molecule has 1 aromatic heterocycles. The van der Waals surface area contributed by atoms with E-state index in [-0.39, 0.29) is 24.3 Å². The van der Waals surface area contributed by atoms with Gasteiger partial charge in [0.05, 0.1) is 40.9 Å². The molecule has 36 heavy (non-hydrogen) atoms. The third-order valence-electron chi connectivity index (χ3n) is 6.74. The number of benzene rings is 1. The van der Waals surface area contributed by atoms with Gasteiger partial charge in [-0.1, -0.05) is 6.07 Å². The van der Waals surface area contributed by atoms with E-state index in [1.165, 1.54) is 38.6 Å². The minimum Gasteiger partial charge on any atom is -0.481 e. The summed E-state index contributed by atoms with van der Waals surface area (Å²) in [4.78, 5) is 15.9. The Hall–Kier alpha value is -3.17. The number of aromatic nitrogens is 1. The Morgan fingerprint density at radius 2 is 1.86 bits per heavy atom. The maximum Gasteiger partial charge on any atom is 0.417 e. The Balaban J connectivity index is 1.65. The van der Waals surface area contributed by atoms with Gasteiger partial charge in [0.15, 0.2) is 9.84 Å². The number of nitrogens with zero attached hydrogens (tertiary/aromatic N) is 2. The molecule has 4 rings (SSSR count). The number of ether oxygens (including phenoxy) is 2. The molecule has 2 aliphatic carbocycles. The number of carbonyl (C=O) groups is 1. The van der Waals surface area contributed by atoms with Crippen molar-refractivity contribution in [3.8, 4) is 23.1 Å². The van der Waals surface area contributed by atoms with Crippen LogP contribution in [-0.2, 0) is 25.5 Å². The minimum absolute atomic E-state index is 0.140. The predicted octanol–water partition coefficient (Wildman–Crippen LogP) is 3.52. The maximum absolute atomic E-state index is 14.0. The van der Waals surface area contributed by atoms with E-state index in [1.54, 1.807) is 0 Å². The van der Waals surface area contributed by atoms with Crippen molar-refractivity contribution in [3.63, 3.8) is 0 Å². The average Bonchev–Trinajstić information content (AvgIpc) is 3.48. The number of pyridine rings is 1. The SMILES string of the molecule is COc1ccc(-c2ccc(S(=O)(=O)[C@H]3CC(OC)[C@H](C(=O)NC4(C#N)CC4)C3)c(C(F)(F)F)c2)cn1. The van der Waals surface area contributed by atoms with Crippen molar-refractivity contribution >= 4 is 15.7 Å². The average molecular weight is 524 g/mol. The van der Waals surface area contributed by atoms with Gasteiger partial charge in [-0.3, -0.25) is 4.79 Å². The van der Waals surface area contributed by atoms with Crippen LogP contribution in [0.5, 0.6) is 5.88 Å². The van der Waals surface area contributed by atoms with Crippen LogP contribution >= 0.6 is 0 Å². The number of carbonyl (C=O) groups excluding carboxylic acids is 1. The van der Waals surface area contributed by atoms with Crippen molar-refractivity contribution in [2.45, 2.75) is 53.6 Å². The molecule has 3 atom stereocenters. The molecule has 1 aromatic carbocycles. The van der Waals surface area contributed by atoms with Crippen LogP contribution in [0.25, 0.3) is 11.1 Å². The van der Waals surface area contributed by atoms with Crippen molar-refractivity contribution in [1.82, 2.24) is 10.3 Å². The van der Waals surface area contributed by atoms with Crippen LogP contribution in [0.15, 0.2) is 41.4 Å². The van der Waals surface area contributed by atoms with Crippen LogP contribution in [0, 0.1) is 17.2 Å². The Bertz CT molecular complexity index is 1300. The molecule has 192 valence electrons. The van der Waals surface area contributed by atoms with Gasteiger partial charge in [0.1, 0.15) is 5.54 Å². The lowest BCUT2D eigenvalue weighted by molar-refractivity contribution is -0.139. The van der Waals surface area contributed by atoms with Gasteiger partial charge in [0.25, 0.3) is 0 Å². The van der Waals surface area contributed by atoms with E-state index < -0.39 is 55.2 Å². The summed E-state index contributed by atoms with van der Waals surface area (Å²) in [7, 11) is -1.77. The van der Waals surface area contributed by atoms with Gasteiger partial charge in [-0.2, -0.15) is 18.4 Å². The van der Waals surface area contributed by atoms with E-state index in [1.807, 2.05) is 6.07 Å². The number of amides is 1. The summed E-state index contributed by atoms with van der Waals surface area (Å²) in [5, 5.41) is 10.6. The zero-order valence-electron chi connectivity index (χ0n) is 19.5. The molecular formula is C24H24F3N3O5S. The maximum atomic E-state index is 14.0. The lowest BCUT2D eigenvalue weighted by Crippen LogP contribution is -2.42. The Labute approximate surface area is 206 Å². The molecule has 2 fully saturated rings. The van der Waals surface area contributed by atoms with Gasteiger partial charge < -0.3 is 14.8 Å². The number of hydrogen-bond acceptors (Lipinski definition) is 7. The van der Waals surface area contributed by atoms with E-state index in [2.05, 4.69) is 10.3 Å². The highest BCUT2D eigenvalue weighted by Crippen LogP contribution is 2.43. The van der Waals surface area contributed by atoms with Gasteiger partial charge >= 0.3 is 6.18 Å². The van der Waals surface area contributed by atoms with E-state index in [0.29, 0.717) is 18.4 Å². The summed E-state index contributed by atoms with van der Waals surface area (Å²) in [6.45, 7) is 0. The third kappa shape index (κ3) is 4.90. The highest BCUT2D eigenvalue weighted by atomic mass is 32.2. The molecule has 1 unspecified atom stereocenters. The fraction of sp³-hybridized carbons (Fsp3) is 0.458. The Morgan fingerprint density at radius 3 is 2.39 bits per heavy atom. The number of halogens is 3. The van der Waals surface area contributed by atoms with Crippen molar-refractivity contribution in [1.29, 1.82) is 5.26 Å². The topological polar surface area (TPSA) is 118 Å². The number of alkyl halides is 3. The van der Waals surface area contributed by atoms with E-state index in [0.717, 1.165) is 12.1 Å². The highest BCUT2D eigenvalue weighted by molar-refractivity contribution is 7.92. The van der Waals surface area contributed by atoms with Crippen LogP contribution in [0.2, 0.25) is 0 Å². The first-order valence-corrected chi connectivity index (χ1v) is 12.7. The summed E-state index contributed by atoms with van der Waals surface area (Å²) >= 11 is 0. The molecule has 0 spiro atoms. The number of nitrogens with one attached hydrogen (secondary N) is 1. The molecule has 0 saturated heterocycles. The fourth-order valence-electron chi connectivity index (χ4n) is 4.49. The molecule has 2 aromatic rings. The van der Waals surface area contributed by atoms with Gasteiger partial charge in [0.2, 0.25) is 11.8 Å². The molecular weight excluding hydrogens is 499 g/mol. The number of methoxy groups -OCH3 is 2. The minimum atomic E-state index is -4.94. The van der Waals surface area contributed by atoms with E-state index >= 15 is 0 Å². The Morgan fingerprint density at radius 1 is 1.17 bits per heavy atom. The number of rotatable bonds is 7. The molecule has 2 aliphatic rings. The summed E-state index contributed by atoms with van der Waals surface area (Å²) in [6, 6.07) is 8.06. The lowest BCUT2D eigenvalue weighted by atomic mass is 10.0. The van der Waals surface area contributed by atoms with Crippen LogP contribution in [-0.4, -0.2) is 50.4 Å². The van der Waals surface area contributed by atoms with Gasteiger partial charge in [-0.15, -0.1) is 0 Å². The number of sulfone groups is 1. The highest BCUT2D eigenvalue weighted by Gasteiger charge is 2.51. The van der Waals surface area contributed by atoms with Crippen molar-refractivity contribution < 1.29 is 35.9 Å². The second-order valence-electron chi connectivity index (χ2n) is 9.00. The fourth-order valence-corrected chi connectivity index (χ4v) is 6.49. The third-order valence-corrected chi connectivity index (χ3v) is 8.97. The summed E-state index contributed by atoms with van der Waals surface area (Å²) < 4.78 is 79.3. The molecule has 8 nitrogen and oxygen atoms in total. The second-order valence-corrected chi connectivity index (χ2v) is 11.2. The summed E-state index contributed by atoms with van der Waals surface area (Å²) in [5.41, 5.74) is -1.75. The van der Waals surface area contributed by atoms with E-state index in [4.69, 9.17) is 9.47 Å². The summed E-state index contributed by atoms with van der Waals surface area (Å²) in [6.07, 6.45) is -3.79. The van der Waals surface area contributed by atoms with Gasteiger partial charge in [-0.05, 0) is 49.4 Å². The van der Waals surface area contributed by atoms with Crippen molar-refractivity contribution in [3.05, 3.63) is 42.1 Å². The summed E-state index contributed by atoms with van der Waals surface area (Å²) in [5.74, 6) is -1.15. The van der Waals surface area contributed by atoms with Crippen LogP contribution in [0.3, 0.4) is 0 Å². The van der Waals surface area contributed by atoms with Crippen molar-refractivity contribution in [2.75, 3.05) is 14.2 Å². The molecule has 1 heterocycles. The number of hydrogen-bond donors (Lipinski definition) is 1. The molecule has 0 bridgehead atoms. The van der Waals surface area contributed by atoms with Gasteiger partial charge in [0, 0.05) is 24.9 Å². The van der Waals surface area contributed by atoms with Crippen LogP contribution in [0.1, 0.15) is 31.2 Å². The predicted molar refractivity (Wildman–Crippen MR) is 121 cm³/mol. The zero-order valence-corrected chi connectivity index (χ0v) is 20.3. The van der Waals surface area contributed by atoms with Crippen molar-refractivity contribution in [2.24, 2.45) is 5.92 Å². The molecule has 1 N–H and O–H groups in total. The Kier molecular flexibility index (Phi) is 6.74. The first-order valence-electron chi connectivity index (χ1n) is 11.2.